The molecule has 3 rings (SSSR count). The van der Waals surface area contributed by atoms with E-state index in [0.717, 1.165) is 5.56 Å². The number of hydrogen-bond acceptors (Lipinski definition) is 7. The normalized spacial score (nSPS) is 10.4. The zero-order valence-corrected chi connectivity index (χ0v) is 10.8. The molecule has 8 heteroatoms. The second-order valence-electron chi connectivity index (χ2n) is 4.00. The first-order chi connectivity index (χ1) is 9.85. The minimum absolute atomic E-state index is 0.436. The summed E-state index contributed by atoms with van der Waals surface area (Å²) in [6.45, 7) is 0. The van der Waals surface area contributed by atoms with E-state index in [1.807, 2.05) is 12.1 Å². The van der Waals surface area contributed by atoms with Crippen LogP contribution in [0.25, 0.3) is 5.95 Å². The molecule has 0 aliphatic carbocycles. The van der Waals surface area contributed by atoms with Gasteiger partial charge in [0.1, 0.15) is 18.5 Å². The van der Waals surface area contributed by atoms with Gasteiger partial charge in [0.05, 0.1) is 0 Å². The Balaban J connectivity index is 1.96. The Hall–Kier alpha value is -2.90. The summed E-state index contributed by atoms with van der Waals surface area (Å²) in [4.78, 5) is 20.9. The van der Waals surface area contributed by atoms with Crippen molar-refractivity contribution in [3.05, 3.63) is 48.6 Å². The highest BCUT2D eigenvalue weighted by Gasteiger charge is 2.08. The summed E-state index contributed by atoms with van der Waals surface area (Å²) < 4.78 is 1.50. The monoisotopic (exact) mass is 268 g/mol. The van der Waals surface area contributed by atoms with Gasteiger partial charge < -0.3 is 5.32 Å². The van der Waals surface area contributed by atoms with E-state index in [1.165, 1.54) is 11.0 Å². The predicted octanol–water partition coefficient (Wildman–Crippen LogP) is 0.480. The van der Waals surface area contributed by atoms with Crippen LogP contribution in [-0.4, -0.2) is 41.7 Å². The fourth-order valence-electron chi connectivity index (χ4n) is 1.70. The van der Waals surface area contributed by atoms with Gasteiger partial charge in [0.15, 0.2) is 0 Å². The SMILES string of the molecule is CNc1nc(Cc2ccncc2)nc(-n2cncn2)n1. The second kappa shape index (κ2) is 5.39. The van der Waals surface area contributed by atoms with Gasteiger partial charge in [0, 0.05) is 25.9 Å². The molecule has 0 unspecified atom stereocenters. The zero-order valence-electron chi connectivity index (χ0n) is 10.8. The van der Waals surface area contributed by atoms with Gasteiger partial charge >= 0.3 is 0 Å². The summed E-state index contributed by atoms with van der Waals surface area (Å²) in [5, 5.41) is 6.94. The maximum atomic E-state index is 4.40. The molecule has 0 saturated carbocycles. The highest BCUT2D eigenvalue weighted by Crippen LogP contribution is 2.08. The van der Waals surface area contributed by atoms with Gasteiger partial charge in [-0.15, -0.1) is 0 Å². The molecule has 0 radical (unpaired) electrons. The second-order valence-corrected chi connectivity index (χ2v) is 4.00. The van der Waals surface area contributed by atoms with Crippen molar-refractivity contribution in [3.8, 4) is 5.95 Å². The third-order valence-electron chi connectivity index (χ3n) is 2.63. The zero-order chi connectivity index (χ0) is 13.8. The Morgan fingerprint density at radius 2 is 1.95 bits per heavy atom. The van der Waals surface area contributed by atoms with Gasteiger partial charge in [-0.3, -0.25) is 4.98 Å². The highest BCUT2D eigenvalue weighted by atomic mass is 15.4. The van der Waals surface area contributed by atoms with Crippen molar-refractivity contribution in [2.75, 3.05) is 12.4 Å². The third-order valence-corrected chi connectivity index (χ3v) is 2.63. The van der Waals surface area contributed by atoms with Gasteiger partial charge in [-0.05, 0) is 17.7 Å². The molecule has 0 spiro atoms. The fourth-order valence-corrected chi connectivity index (χ4v) is 1.70. The van der Waals surface area contributed by atoms with Gasteiger partial charge in [-0.2, -0.15) is 24.7 Å². The Bertz CT molecular complexity index is 680. The predicted molar refractivity (Wildman–Crippen MR) is 71.3 cm³/mol. The van der Waals surface area contributed by atoms with Crippen molar-refractivity contribution in [2.24, 2.45) is 0 Å². The van der Waals surface area contributed by atoms with Crippen LogP contribution in [0, 0.1) is 0 Å². The van der Waals surface area contributed by atoms with Gasteiger partial charge in [-0.25, -0.2) is 4.98 Å². The van der Waals surface area contributed by atoms with Crippen LogP contribution in [-0.2, 0) is 6.42 Å². The highest BCUT2D eigenvalue weighted by molar-refractivity contribution is 5.28. The van der Waals surface area contributed by atoms with Gasteiger partial charge in [0.25, 0.3) is 5.95 Å². The van der Waals surface area contributed by atoms with E-state index in [-0.39, 0.29) is 0 Å². The number of rotatable bonds is 4. The maximum Gasteiger partial charge on any atom is 0.257 e. The molecule has 3 aromatic heterocycles. The number of aromatic nitrogens is 7. The van der Waals surface area contributed by atoms with Gasteiger partial charge in [0.2, 0.25) is 5.95 Å². The van der Waals surface area contributed by atoms with Gasteiger partial charge in [-0.1, -0.05) is 0 Å². The first kappa shape index (κ1) is 12.2. The van der Waals surface area contributed by atoms with Crippen molar-refractivity contribution in [1.29, 1.82) is 0 Å². The van der Waals surface area contributed by atoms with Crippen LogP contribution in [0.5, 0.6) is 0 Å². The molecular weight excluding hydrogens is 256 g/mol. The standard InChI is InChI=1S/C12H12N8/c1-13-11-17-10(6-9-2-4-14-5-3-9)18-12(19-11)20-8-15-7-16-20/h2-5,7-8H,6H2,1H3,(H,13,17,18,19). The molecule has 1 N–H and O–H groups in total. The van der Waals surface area contributed by atoms with E-state index in [2.05, 4.69) is 35.3 Å². The molecule has 100 valence electrons. The molecule has 20 heavy (non-hydrogen) atoms. The number of nitrogens with one attached hydrogen (secondary N) is 1. The lowest BCUT2D eigenvalue weighted by atomic mass is 10.2. The number of anilines is 1. The summed E-state index contributed by atoms with van der Waals surface area (Å²) in [6.07, 6.45) is 7.07. The van der Waals surface area contributed by atoms with Crippen molar-refractivity contribution in [2.45, 2.75) is 6.42 Å². The number of hydrogen-bond donors (Lipinski definition) is 1. The summed E-state index contributed by atoms with van der Waals surface area (Å²) in [6, 6.07) is 3.86. The van der Waals surface area contributed by atoms with E-state index >= 15 is 0 Å². The lowest BCUT2D eigenvalue weighted by molar-refractivity contribution is 0.774. The van der Waals surface area contributed by atoms with Crippen molar-refractivity contribution < 1.29 is 0 Å². The van der Waals surface area contributed by atoms with E-state index in [0.29, 0.717) is 24.1 Å². The van der Waals surface area contributed by atoms with Crippen LogP contribution in [0.4, 0.5) is 5.95 Å². The lowest BCUT2D eigenvalue weighted by Gasteiger charge is -2.06. The largest absolute Gasteiger partial charge is 0.357 e. The molecular formula is C12H12N8. The van der Waals surface area contributed by atoms with Crippen LogP contribution in [0.1, 0.15) is 11.4 Å². The molecule has 0 aromatic carbocycles. The number of pyridine rings is 1. The van der Waals surface area contributed by atoms with Crippen LogP contribution < -0.4 is 5.32 Å². The van der Waals surface area contributed by atoms with Crippen molar-refractivity contribution in [1.82, 2.24) is 34.7 Å². The molecule has 3 aromatic rings. The molecule has 0 aliphatic heterocycles. The Morgan fingerprint density at radius 3 is 2.65 bits per heavy atom. The lowest BCUT2D eigenvalue weighted by Crippen LogP contribution is -2.10. The Morgan fingerprint density at radius 1 is 1.10 bits per heavy atom. The van der Waals surface area contributed by atoms with Crippen molar-refractivity contribution in [3.63, 3.8) is 0 Å². The minimum atomic E-state index is 0.436. The summed E-state index contributed by atoms with van der Waals surface area (Å²) >= 11 is 0. The summed E-state index contributed by atoms with van der Waals surface area (Å²) in [5.74, 6) is 1.58. The quantitative estimate of drug-likeness (QED) is 0.735. The molecule has 8 nitrogen and oxygen atoms in total. The van der Waals surface area contributed by atoms with Crippen LogP contribution >= 0.6 is 0 Å². The van der Waals surface area contributed by atoms with E-state index in [1.54, 1.807) is 25.8 Å². The molecule has 0 atom stereocenters. The summed E-state index contributed by atoms with van der Waals surface area (Å²) in [7, 11) is 1.76. The summed E-state index contributed by atoms with van der Waals surface area (Å²) in [5.41, 5.74) is 1.08. The van der Waals surface area contributed by atoms with Crippen LogP contribution in [0.2, 0.25) is 0 Å². The van der Waals surface area contributed by atoms with Crippen LogP contribution in [0.15, 0.2) is 37.2 Å². The molecule has 0 saturated heterocycles. The van der Waals surface area contributed by atoms with E-state index in [4.69, 9.17) is 0 Å². The molecule has 0 aliphatic rings. The fraction of sp³-hybridized carbons (Fsp3) is 0.167. The first-order valence-electron chi connectivity index (χ1n) is 6.02. The Kier molecular flexibility index (Phi) is 3.27. The van der Waals surface area contributed by atoms with Crippen molar-refractivity contribution >= 4 is 5.95 Å². The molecule has 0 bridgehead atoms. The Labute approximate surface area is 115 Å². The smallest absolute Gasteiger partial charge is 0.257 e. The maximum absolute atomic E-state index is 4.40. The van der Waals surface area contributed by atoms with E-state index in [9.17, 15) is 0 Å². The van der Waals surface area contributed by atoms with E-state index < -0.39 is 0 Å². The first-order valence-corrected chi connectivity index (χ1v) is 6.02. The van der Waals surface area contributed by atoms with Crippen LogP contribution in [0.3, 0.4) is 0 Å². The minimum Gasteiger partial charge on any atom is -0.357 e. The topological polar surface area (TPSA) is 94.3 Å². The molecule has 0 fully saturated rings. The molecule has 0 amide bonds. The third kappa shape index (κ3) is 2.58. The average molecular weight is 268 g/mol. The average Bonchev–Trinajstić information content (AvgIpc) is 3.02. The number of nitrogens with zero attached hydrogens (tertiary/aromatic N) is 7. The molecule has 3 heterocycles.